The summed E-state index contributed by atoms with van der Waals surface area (Å²) in [5.74, 6) is -1.20. The van der Waals surface area contributed by atoms with Crippen LogP contribution in [-0.2, 0) is 4.79 Å². The van der Waals surface area contributed by atoms with Crippen LogP contribution in [0.2, 0.25) is 0 Å². The van der Waals surface area contributed by atoms with Gasteiger partial charge in [-0.1, -0.05) is 20.3 Å². The molecule has 5 heteroatoms. The lowest BCUT2D eigenvalue weighted by Gasteiger charge is -2.37. The third-order valence-electron chi connectivity index (χ3n) is 4.59. The average molecular weight is 282 g/mol. The SMILES string of the molecule is CC1(C)CCCC(NC(=O)N2CCCC(C(=O)O)C2)C1. The van der Waals surface area contributed by atoms with E-state index in [0.29, 0.717) is 24.9 Å². The third kappa shape index (κ3) is 3.87. The molecule has 2 rings (SSSR count). The van der Waals surface area contributed by atoms with Gasteiger partial charge in [-0.3, -0.25) is 4.79 Å². The Labute approximate surface area is 120 Å². The van der Waals surface area contributed by atoms with Crippen LogP contribution < -0.4 is 5.32 Å². The van der Waals surface area contributed by atoms with E-state index < -0.39 is 11.9 Å². The zero-order valence-corrected chi connectivity index (χ0v) is 12.5. The van der Waals surface area contributed by atoms with Gasteiger partial charge in [0.1, 0.15) is 0 Å². The third-order valence-corrected chi connectivity index (χ3v) is 4.59. The molecule has 0 aromatic rings. The Morgan fingerprint density at radius 2 is 2.00 bits per heavy atom. The number of carboxylic acid groups (broad SMARTS) is 1. The van der Waals surface area contributed by atoms with Crippen molar-refractivity contribution in [3.8, 4) is 0 Å². The van der Waals surface area contributed by atoms with Crippen molar-refractivity contribution in [2.45, 2.75) is 58.4 Å². The number of rotatable bonds is 2. The predicted octanol–water partition coefficient (Wildman–Crippen LogP) is 2.46. The molecule has 0 radical (unpaired) electrons. The summed E-state index contributed by atoms with van der Waals surface area (Å²) in [6.07, 6.45) is 5.86. The Balaban J connectivity index is 1.86. The molecular weight excluding hydrogens is 256 g/mol. The van der Waals surface area contributed by atoms with Crippen LogP contribution in [0.4, 0.5) is 4.79 Å². The van der Waals surface area contributed by atoms with Crippen LogP contribution in [0, 0.1) is 11.3 Å². The van der Waals surface area contributed by atoms with Crippen LogP contribution in [0.5, 0.6) is 0 Å². The second kappa shape index (κ2) is 6.02. The van der Waals surface area contributed by atoms with E-state index in [1.165, 1.54) is 6.42 Å². The lowest BCUT2D eigenvalue weighted by Crippen LogP contribution is -2.51. The van der Waals surface area contributed by atoms with Gasteiger partial charge >= 0.3 is 12.0 Å². The molecule has 0 bridgehead atoms. The molecule has 1 heterocycles. The molecule has 1 aliphatic carbocycles. The van der Waals surface area contributed by atoms with Gasteiger partial charge in [0.15, 0.2) is 0 Å². The Morgan fingerprint density at radius 3 is 2.65 bits per heavy atom. The van der Waals surface area contributed by atoms with Crippen LogP contribution in [-0.4, -0.2) is 41.1 Å². The molecule has 1 aliphatic heterocycles. The molecule has 0 aromatic heterocycles. The molecule has 2 atom stereocenters. The molecule has 2 amide bonds. The van der Waals surface area contributed by atoms with E-state index in [9.17, 15) is 9.59 Å². The minimum absolute atomic E-state index is 0.0846. The number of likely N-dealkylation sites (tertiary alicyclic amines) is 1. The maximum absolute atomic E-state index is 12.3. The van der Waals surface area contributed by atoms with E-state index in [2.05, 4.69) is 19.2 Å². The quantitative estimate of drug-likeness (QED) is 0.817. The summed E-state index contributed by atoms with van der Waals surface area (Å²) < 4.78 is 0. The zero-order valence-electron chi connectivity index (χ0n) is 12.5. The molecule has 5 nitrogen and oxygen atoms in total. The number of nitrogens with zero attached hydrogens (tertiary/aromatic N) is 1. The molecule has 2 N–H and O–H groups in total. The second-order valence-corrected chi connectivity index (χ2v) is 7.03. The lowest BCUT2D eigenvalue weighted by atomic mass is 9.75. The molecule has 0 spiro atoms. The van der Waals surface area contributed by atoms with Crippen molar-refractivity contribution in [3.05, 3.63) is 0 Å². The van der Waals surface area contributed by atoms with E-state index in [1.807, 2.05) is 0 Å². The Kier molecular flexibility index (Phi) is 4.55. The Morgan fingerprint density at radius 1 is 1.25 bits per heavy atom. The van der Waals surface area contributed by atoms with Crippen molar-refractivity contribution in [2.24, 2.45) is 11.3 Å². The summed E-state index contributed by atoms with van der Waals surface area (Å²) in [4.78, 5) is 25.0. The zero-order chi connectivity index (χ0) is 14.8. The number of carbonyl (C=O) groups is 2. The molecular formula is C15H26N2O3. The summed E-state index contributed by atoms with van der Waals surface area (Å²) in [6.45, 7) is 5.50. The highest BCUT2D eigenvalue weighted by Crippen LogP contribution is 2.35. The second-order valence-electron chi connectivity index (χ2n) is 7.03. The first-order valence-corrected chi connectivity index (χ1v) is 7.66. The summed E-state index contributed by atoms with van der Waals surface area (Å²) in [7, 11) is 0. The topological polar surface area (TPSA) is 69.6 Å². The molecule has 114 valence electrons. The fourth-order valence-electron chi connectivity index (χ4n) is 3.45. The number of piperidine rings is 1. The van der Waals surface area contributed by atoms with Crippen LogP contribution in [0.25, 0.3) is 0 Å². The van der Waals surface area contributed by atoms with Gasteiger partial charge in [0.2, 0.25) is 0 Å². The van der Waals surface area contributed by atoms with Gasteiger partial charge in [0.25, 0.3) is 0 Å². The molecule has 2 aliphatic rings. The molecule has 2 unspecified atom stereocenters. The summed E-state index contributed by atoms with van der Waals surface area (Å²) in [5.41, 5.74) is 0.293. The largest absolute Gasteiger partial charge is 0.481 e. The number of carbonyl (C=O) groups excluding carboxylic acids is 1. The van der Waals surface area contributed by atoms with Gasteiger partial charge in [0.05, 0.1) is 5.92 Å². The number of urea groups is 1. The minimum Gasteiger partial charge on any atom is -0.481 e. The van der Waals surface area contributed by atoms with Gasteiger partial charge in [-0.15, -0.1) is 0 Å². The minimum atomic E-state index is -0.790. The van der Waals surface area contributed by atoms with E-state index in [4.69, 9.17) is 5.11 Å². The van der Waals surface area contributed by atoms with Crippen LogP contribution in [0.1, 0.15) is 52.4 Å². The van der Waals surface area contributed by atoms with Crippen LogP contribution >= 0.6 is 0 Å². The van der Waals surface area contributed by atoms with Crippen LogP contribution in [0.3, 0.4) is 0 Å². The van der Waals surface area contributed by atoms with Gasteiger partial charge in [-0.2, -0.15) is 0 Å². The van der Waals surface area contributed by atoms with Crippen molar-refractivity contribution >= 4 is 12.0 Å². The van der Waals surface area contributed by atoms with Gasteiger partial charge in [-0.05, 0) is 37.5 Å². The maximum atomic E-state index is 12.3. The lowest BCUT2D eigenvalue weighted by molar-refractivity contribution is -0.143. The molecule has 20 heavy (non-hydrogen) atoms. The van der Waals surface area contributed by atoms with E-state index in [1.54, 1.807) is 4.90 Å². The van der Waals surface area contributed by atoms with Crippen molar-refractivity contribution < 1.29 is 14.7 Å². The number of aliphatic carboxylic acids is 1. The first-order valence-electron chi connectivity index (χ1n) is 7.66. The monoisotopic (exact) mass is 282 g/mol. The molecule has 1 saturated heterocycles. The molecule has 0 aromatic carbocycles. The smallest absolute Gasteiger partial charge is 0.317 e. The maximum Gasteiger partial charge on any atom is 0.317 e. The van der Waals surface area contributed by atoms with Gasteiger partial charge in [-0.25, -0.2) is 4.79 Å². The number of nitrogens with one attached hydrogen (secondary N) is 1. The first kappa shape index (κ1) is 15.1. The van der Waals surface area contributed by atoms with Crippen LogP contribution in [0.15, 0.2) is 0 Å². The van der Waals surface area contributed by atoms with E-state index in [0.717, 1.165) is 25.7 Å². The number of hydrogen-bond donors (Lipinski definition) is 2. The summed E-state index contributed by atoms with van der Waals surface area (Å²) >= 11 is 0. The fraction of sp³-hybridized carbons (Fsp3) is 0.867. The van der Waals surface area contributed by atoms with Gasteiger partial charge < -0.3 is 15.3 Å². The fourth-order valence-corrected chi connectivity index (χ4v) is 3.45. The first-order chi connectivity index (χ1) is 9.37. The molecule has 1 saturated carbocycles. The van der Waals surface area contributed by atoms with Gasteiger partial charge in [0, 0.05) is 19.1 Å². The highest BCUT2D eigenvalue weighted by atomic mass is 16.4. The normalized spacial score (nSPS) is 29.8. The summed E-state index contributed by atoms with van der Waals surface area (Å²) in [5, 5.41) is 12.2. The molecule has 2 fully saturated rings. The van der Waals surface area contributed by atoms with Crippen molar-refractivity contribution in [2.75, 3.05) is 13.1 Å². The number of amides is 2. The van der Waals surface area contributed by atoms with E-state index >= 15 is 0 Å². The van der Waals surface area contributed by atoms with Crippen molar-refractivity contribution in [3.63, 3.8) is 0 Å². The number of carboxylic acids is 1. The van der Waals surface area contributed by atoms with Crippen molar-refractivity contribution in [1.82, 2.24) is 10.2 Å². The predicted molar refractivity (Wildman–Crippen MR) is 76.5 cm³/mol. The Hall–Kier alpha value is -1.26. The summed E-state index contributed by atoms with van der Waals surface area (Å²) in [6, 6.07) is 0.148. The van der Waals surface area contributed by atoms with E-state index in [-0.39, 0.29) is 12.1 Å². The van der Waals surface area contributed by atoms with Crippen molar-refractivity contribution in [1.29, 1.82) is 0 Å². The Bertz CT molecular complexity index is 381. The highest BCUT2D eigenvalue weighted by molar-refractivity contribution is 5.76. The number of hydrogen-bond acceptors (Lipinski definition) is 2. The highest BCUT2D eigenvalue weighted by Gasteiger charge is 2.32. The standard InChI is InChI=1S/C15H26N2O3/c1-15(2)7-3-6-12(9-15)16-14(20)17-8-4-5-11(10-17)13(18)19/h11-12H,3-10H2,1-2H3,(H,16,20)(H,18,19). The average Bonchev–Trinajstić information content (AvgIpc) is 2.37.